The van der Waals surface area contributed by atoms with E-state index in [0.717, 1.165) is 33.5 Å². The van der Waals surface area contributed by atoms with Crippen LogP contribution in [0, 0.1) is 6.92 Å². The lowest BCUT2D eigenvalue weighted by Crippen LogP contribution is -2.11. The van der Waals surface area contributed by atoms with Gasteiger partial charge in [0, 0.05) is 16.8 Å². The number of hydrogen-bond acceptors (Lipinski definition) is 4. The summed E-state index contributed by atoms with van der Waals surface area (Å²) in [4.78, 5) is 12.6. The number of anilines is 1. The minimum Gasteiger partial charge on any atom is -0.322 e. The third-order valence-electron chi connectivity index (χ3n) is 4.87. The average Bonchev–Trinajstić information content (AvgIpc) is 3.14. The number of aryl methyl sites for hydroxylation is 1. The number of nitrogens with one attached hydrogen (secondary N) is 1. The van der Waals surface area contributed by atoms with Crippen molar-refractivity contribution in [3.8, 4) is 11.3 Å². The zero-order chi connectivity index (χ0) is 19.8. The fourth-order valence-corrected chi connectivity index (χ4v) is 3.31. The van der Waals surface area contributed by atoms with Crippen molar-refractivity contribution in [2.24, 2.45) is 0 Å². The van der Waals surface area contributed by atoms with E-state index in [1.165, 1.54) is 0 Å². The number of amides is 1. The molecule has 2 heterocycles. The molecule has 5 rings (SSSR count). The Balaban J connectivity index is 1.37. The first kappa shape index (κ1) is 17.1. The number of benzene rings is 3. The van der Waals surface area contributed by atoms with Crippen molar-refractivity contribution < 1.29 is 4.79 Å². The molecule has 5 aromatic rings. The molecule has 2 aromatic heterocycles. The molecule has 3 aromatic carbocycles. The standard InChI is InChI=1S/C23H17N5O/c1-15-25-26-22-13-12-21(27-28(15)22)17-8-10-20(11-9-17)24-23(29)19-7-6-16-4-2-3-5-18(16)14-19/h2-14H,1H3,(H,24,29). The molecular weight excluding hydrogens is 362 g/mol. The van der Waals surface area contributed by atoms with E-state index in [4.69, 9.17) is 0 Å². The van der Waals surface area contributed by atoms with Crippen molar-refractivity contribution in [2.75, 3.05) is 5.32 Å². The molecule has 1 amide bonds. The lowest BCUT2D eigenvalue weighted by Gasteiger charge is -2.08. The minimum absolute atomic E-state index is 0.136. The highest BCUT2D eigenvalue weighted by atomic mass is 16.1. The van der Waals surface area contributed by atoms with Crippen LogP contribution < -0.4 is 5.32 Å². The molecule has 29 heavy (non-hydrogen) atoms. The molecule has 0 atom stereocenters. The van der Waals surface area contributed by atoms with E-state index < -0.39 is 0 Å². The van der Waals surface area contributed by atoms with Gasteiger partial charge in [-0.05, 0) is 54.1 Å². The number of rotatable bonds is 3. The molecule has 1 N–H and O–H groups in total. The Hall–Kier alpha value is -4.06. The van der Waals surface area contributed by atoms with Crippen molar-refractivity contribution >= 4 is 28.0 Å². The van der Waals surface area contributed by atoms with Gasteiger partial charge in [-0.3, -0.25) is 4.79 Å². The van der Waals surface area contributed by atoms with E-state index in [1.54, 1.807) is 4.52 Å². The summed E-state index contributed by atoms with van der Waals surface area (Å²) in [6.07, 6.45) is 0. The van der Waals surface area contributed by atoms with Crippen LogP contribution in [0.1, 0.15) is 16.2 Å². The summed E-state index contributed by atoms with van der Waals surface area (Å²) in [7, 11) is 0. The summed E-state index contributed by atoms with van der Waals surface area (Å²) in [5, 5.41) is 17.8. The number of carbonyl (C=O) groups is 1. The monoisotopic (exact) mass is 379 g/mol. The maximum atomic E-state index is 12.6. The molecule has 0 saturated carbocycles. The average molecular weight is 379 g/mol. The molecule has 0 radical (unpaired) electrons. The van der Waals surface area contributed by atoms with Crippen molar-refractivity contribution in [3.63, 3.8) is 0 Å². The molecule has 6 nitrogen and oxygen atoms in total. The topological polar surface area (TPSA) is 72.2 Å². The second kappa shape index (κ2) is 6.83. The van der Waals surface area contributed by atoms with Gasteiger partial charge in [0.1, 0.15) is 0 Å². The van der Waals surface area contributed by atoms with Gasteiger partial charge in [-0.15, -0.1) is 10.2 Å². The zero-order valence-corrected chi connectivity index (χ0v) is 15.7. The molecule has 0 aliphatic heterocycles. The van der Waals surface area contributed by atoms with Crippen LogP contribution in [0.15, 0.2) is 78.9 Å². The smallest absolute Gasteiger partial charge is 0.255 e. The molecule has 0 saturated heterocycles. The van der Waals surface area contributed by atoms with E-state index >= 15 is 0 Å². The lowest BCUT2D eigenvalue weighted by atomic mass is 10.1. The third-order valence-corrected chi connectivity index (χ3v) is 4.87. The molecule has 140 valence electrons. The predicted octanol–water partition coefficient (Wildman–Crippen LogP) is 4.51. The van der Waals surface area contributed by atoms with Gasteiger partial charge >= 0.3 is 0 Å². The van der Waals surface area contributed by atoms with Gasteiger partial charge in [0.25, 0.3) is 5.91 Å². The van der Waals surface area contributed by atoms with Crippen LogP contribution in [-0.2, 0) is 0 Å². The number of fused-ring (bicyclic) bond motifs is 2. The largest absolute Gasteiger partial charge is 0.322 e. The first-order valence-electron chi connectivity index (χ1n) is 9.27. The van der Waals surface area contributed by atoms with E-state index in [9.17, 15) is 4.79 Å². The first-order valence-corrected chi connectivity index (χ1v) is 9.27. The summed E-state index contributed by atoms with van der Waals surface area (Å²) in [6.45, 7) is 1.86. The second-order valence-electron chi connectivity index (χ2n) is 6.83. The number of hydrogen-bond donors (Lipinski definition) is 1. The maximum absolute atomic E-state index is 12.6. The highest BCUT2D eigenvalue weighted by Crippen LogP contribution is 2.21. The molecule has 0 bridgehead atoms. The first-order chi connectivity index (χ1) is 14.2. The summed E-state index contributed by atoms with van der Waals surface area (Å²) < 4.78 is 1.71. The van der Waals surface area contributed by atoms with Gasteiger partial charge in [-0.25, -0.2) is 0 Å². The number of carbonyl (C=O) groups excluding carboxylic acids is 1. The van der Waals surface area contributed by atoms with Crippen LogP contribution in [0.2, 0.25) is 0 Å². The van der Waals surface area contributed by atoms with Gasteiger partial charge in [0.05, 0.1) is 5.69 Å². The minimum atomic E-state index is -0.136. The van der Waals surface area contributed by atoms with E-state index in [1.807, 2.05) is 85.8 Å². The number of aromatic nitrogens is 4. The zero-order valence-electron chi connectivity index (χ0n) is 15.7. The van der Waals surface area contributed by atoms with E-state index in [2.05, 4.69) is 20.6 Å². The SMILES string of the molecule is Cc1nnc2ccc(-c3ccc(NC(=O)c4ccc5ccccc5c4)cc3)nn12. The van der Waals surface area contributed by atoms with Gasteiger partial charge in [0.15, 0.2) is 11.5 Å². The van der Waals surface area contributed by atoms with E-state index in [-0.39, 0.29) is 5.91 Å². The van der Waals surface area contributed by atoms with Crippen molar-refractivity contribution in [3.05, 3.63) is 90.3 Å². The van der Waals surface area contributed by atoms with E-state index in [0.29, 0.717) is 11.2 Å². The lowest BCUT2D eigenvalue weighted by molar-refractivity contribution is 0.102. The van der Waals surface area contributed by atoms with Crippen LogP contribution in [-0.4, -0.2) is 25.7 Å². The Morgan fingerprint density at radius 3 is 2.48 bits per heavy atom. The Labute approximate surface area is 166 Å². The van der Waals surface area contributed by atoms with Gasteiger partial charge < -0.3 is 5.32 Å². The van der Waals surface area contributed by atoms with Crippen LogP contribution in [0.5, 0.6) is 0 Å². The molecule has 0 aliphatic carbocycles. The van der Waals surface area contributed by atoms with Crippen LogP contribution >= 0.6 is 0 Å². The Bertz CT molecular complexity index is 1360. The molecular formula is C23H17N5O. The van der Waals surface area contributed by atoms with Gasteiger partial charge in [-0.1, -0.05) is 42.5 Å². The van der Waals surface area contributed by atoms with Gasteiger partial charge in [0.2, 0.25) is 0 Å². The summed E-state index contributed by atoms with van der Waals surface area (Å²) in [6, 6.07) is 25.1. The summed E-state index contributed by atoms with van der Waals surface area (Å²) in [5.41, 5.74) is 3.83. The summed E-state index contributed by atoms with van der Waals surface area (Å²) >= 11 is 0. The predicted molar refractivity (Wildman–Crippen MR) is 113 cm³/mol. The molecule has 0 unspecified atom stereocenters. The third kappa shape index (κ3) is 3.21. The Morgan fingerprint density at radius 2 is 1.66 bits per heavy atom. The Morgan fingerprint density at radius 1 is 0.862 bits per heavy atom. The van der Waals surface area contributed by atoms with Crippen molar-refractivity contribution in [1.82, 2.24) is 19.8 Å². The molecule has 0 aliphatic rings. The molecule has 0 fully saturated rings. The Kier molecular flexibility index (Phi) is 4.02. The summed E-state index contributed by atoms with van der Waals surface area (Å²) in [5.74, 6) is 0.601. The normalized spacial score (nSPS) is 11.1. The van der Waals surface area contributed by atoms with Crippen molar-refractivity contribution in [2.45, 2.75) is 6.92 Å². The highest BCUT2D eigenvalue weighted by Gasteiger charge is 2.09. The fraction of sp³-hybridized carbons (Fsp3) is 0.0435. The van der Waals surface area contributed by atoms with Gasteiger partial charge in [-0.2, -0.15) is 9.61 Å². The van der Waals surface area contributed by atoms with Crippen molar-refractivity contribution in [1.29, 1.82) is 0 Å². The second-order valence-corrected chi connectivity index (χ2v) is 6.83. The maximum Gasteiger partial charge on any atom is 0.255 e. The molecule has 0 spiro atoms. The number of nitrogens with zero attached hydrogens (tertiary/aromatic N) is 4. The van der Waals surface area contributed by atoms with Crippen LogP contribution in [0.4, 0.5) is 5.69 Å². The molecule has 6 heteroatoms. The highest BCUT2D eigenvalue weighted by molar-refractivity contribution is 6.06. The fourth-order valence-electron chi connectivity index (χ4n) is 3.31. The van der Waals surface area contributed by atoms with Crippen LogP contribution in [0.3, 0.4) is 0 Å². The quantitative estimate of drug-likeness (QED) is 0.501. The van der Waals surface area contributed by atoms with Crippen LogP contribution in [0.25, 0.3) is 27.7 Å².